The van der Waals surface area contributed by atoms with Crippen molar-refractivity contribution >= 4 is 10.0 Å². The zero-order valence-electron chi connectivity index (χ0n) is 10.2. The van der Waals surface area contributed by atoms with Crippen molar-refractivity contribution in [3.8, 4) is 5.75 Å². The van der Waals surface area contributed by atoms with Gasteiger partial charge in [-0.05, 0) is 24.0 Å². The standard InChI is InChI=1S/C12H19NO3S/c1-10(2)11-6-3-4-7-12(11)16-8-5-9-17(13,14)15/h3-4,6-7,10H,5,8-9H2,1-2H3,(H2,13,14,15). The summed E-state index contributed by atoms with van der Waals surface area (Å²) in [5.41, 5.74) is 1.13. The molecule has 1 rings (SSSR count). The highest BCUT2D eigenvalue weighted by atomic mass is 32.2. The maximum Gasteiger partial charge on any atom is 0.209 e. The van der Waals surface area contributed by atoms with E-state index in [0.29, 0.717) is 18.9 Å². The first kappa shape index (κ1) is 14.0. The first-order valence-electron chi connectivity index (χ1n) is 5.62. The maximum absolute atomic E-state index is 10.7. The SMILES string of the molecule is CC(C)c1ccccc1OCCCS(N)(=O)=O. The molecule has 2 N–H and O–H groups in total. The molecule has 0 aliphatic heterocycles. The second-order valence-corrected chi connectivity index (χ2v) is 6.00. The lowest BCUT2D eigenvalue weighted by molar-refractivity contribution is 0.313. The topological polar surface area (TPSA) is 69.4 Å². The largest absolute Gasteiger partial charge is 0.493 e. The van der Waals surface area contributed by atoms with Crippen molar-refractivity contribution in [2.45, 2.75) is 26.2 Å². The van der Waals surface area contributed by atoms with Crippen LogP contribution < -0.4 is 9.88 Å². The third kappa shape index (κ3) is 5.19. The van der Waals surface area contributed by atoms with Crippen LogP contribution in [0.25, 0.3) is 0 Å². The fraction of sp³-hybridized carbons (Fsp3) is 0.500. The summed E-state index contributed by atoms with van der Waals surface area (Å²) in [6.07, 6.45) is 0.408. The zero-order chi connectivity index (χ0) is 12.9. The van der Waals surface area contributed by atoms with Gasteiger partial charge in [-0.2, -0.15) is 0 Å². The van der Waals surface area contributed by atoms with Crippen LogP contribution in [0.2, 0.25) is 0 Å². The van der Waals surface area contributed by atoms with E-state index in [0.717, 1.165) is 11.3 Å². The smallest absolute Gasteiger partial charge is 0.209 e. The predicted molar refractivity (Wildman–Crippen MR) is 68.6 cm³/mol. The summed E-state index contributed by atoms with van der Waals surface area (Å²) in [6.45, 7) is 4.54. The summed E-state index contributed by atoms with van der Waals surface area (Å²) < 4.78 is 27.1. The van der Waals surface area contributed by atoms with Crippen molar-refractivity contribution in [3.63, 3.8) is 0 Å². The van der Waals surface area contributed by atoms with E-state index < -0.39 is 10.0 Å². The third-order valence-electron chi connectivity index (χ3n) is 2.37. The van der Waals surface area contributed by atoms with Gasteiger partial charge in [0.15, 0.2) is 0 Å². The second kappa shape index (κ2) is 6.02. The zero-order valence-corrected chi connectivity index (χ0v) is 11.0. The van der Waals surface area contributed by atoms with Crippen molar-refractivity contribution in [3.05, 3.63) is 29.8 Å². The Labute approximate surface area is 103 Å². The molecule has 0 unspecified atom stereocenters. The minimum atomic E-state index is -3.39. The Hall–Kier alpha value is -1.07. The molecule has 0 aliphatic rings. The number of primary sulfonamides is 1. The van der Waals surface area contributed by atoms with Crippen LogP contribution in [0.4, 0.5) is 0 Å². The molecule has 1 aromatic carbocycles. The molecule has 0 bridgehead atoms. The number of sulfonamides is 1. The number of hydrogen-bond acceptors (Lipinski definition) is 3. The predicted octanol–water partition coefficient (Wildman–Crippen LogP) is 1.87. The Morgan fingerprint density at radius 1 is 1.29 bits per heavy atom. The van der Waals surface area contributed by atoms with Crippen molar-refractivity contribution in [1.29, 1.82) is 0 Å². The van der Waals surface area contributed by atoms with Crippen LogP contribution in [0.15, 0.2) is 24.3 Å². The van der Waals surface area contributed by atoms with E-state index in [2.05, 4.69) is 13.8 Å². The average molecular weight is 257 g/mol. The van der Waals surface area contributed by atoms with Gasteiger partial charge in [0.25, 0.3) is 0 Å². The molecule has 0 atom stereocenters. The molecule has 0 heterocycles. The normalized spacial score (nSPS) is 11.8. The minimum absolute atomic E-state index is 0.0448. The highest BCUT2D eigenvalue weighted by molar-refractivity contribution is 7.89. The fourth-order valence-electron chi connectivity index (χ4n) is 1.53. The minimum Gasteiger partial charge on any atom is -0.493 e. The molecule has 0 amide bonds. The molecule has 0 aromatic heterocycles. The molecule has 0 spiro atoms. The second-order valence-electron chi connectivity index (χ2n) is 4.26. The number of nitrogens with two attached hydrogens (primary N) is 1. The average Bonchev–Trinajstić information content (AvgIpc) is 2.23. The van der Waals surface area contributed by atoms with Gasteiger partial charge in [-0.1, -0.05) is 32.0 Å². The molecule has 17 heavy (non-hydrogen) atoms. The number of hydrogen-bond donors (Lipinski definition) is 1. The molecule has 1 aromatic rings. The summed E-state index contributed by atoms with van der Waals surface area (Å²) in [4.78, 5) is 0. The summed E-state index contributed by atoms with van der Waals surface area (Å²) in [7, 11) is -3.39. The number of rotatable bonds is 6. The van der Waals surface area contributed by atoms with Crippen LogP contribution in [0.5, 0.6) is 5.75 Å². The molecule has 0 saturated carbocycles. The summed E-state index contributed by atoms with van der Waals surface area (Å²) >= 11 is 0. The highest BCUT2D eigenvalue weighted by Gasteiger charge is 2.07. The van der Waals surface area contributed by atoms with Gasteiger partial charge < -0.3 is 4.74 Å². The van der Waals surface area contributed by atoms with Gasteiger partial charge >= 0.3 is 0 Å². The van der Waals surface area contributed by atoms with Gasteiger partial charge in [0.05, 0.1) is 12.4 Å². The molecule has 96 valence electrons. The van der Waals surface area contributed by atoms with Crippen molar-refractivity contribution in [2.75, 3.05) is 12.4 Å². The lowest BCUT2D eigenvalue weighted by atomic mass is 10.0. The van der Waals surface area contributed by atoms with E-state index >= 15 is 0 Å². The van der Waals surface area contributed by atoms with E-state index in [4.69, 9.17) is 9.88 Å². The first-order chi connectivity index (χ1) is 7.90. The molecular formula is C12H19NO3S. The lowest BCUT2D eigenvalue weighted by Crippen LogP contribution is -2.18. The number of ether oxygens (including phenoxy) is 1. The Morgan fingerprint density at radius 3 is 2.53 bits per heavy atom. The van der Waals surface area contributed by atoms with Crippen molar-refractivity contribution in [1.82, 2.24) is 0 Å². The van der Waals surface area contributed by atoms with Gasteiger partial charge in [-0.3, -0.25) is 0 Å². The van der Waals surface area contributed by atoms with Crippen LogP contribution in [-0.2, 0) is 10.0 Å². The Kier molecular flexibility index (Phi) is 4.96. The summed E-state index contributed by atoms with van der Waals surface area (Å²) in [5.74, 6) is 1.15. The Bertz CT molecular complexity index is 455. The van der Waals surface area contributed by atoms with Crippen LogP contribution in [0.3, 0.4) is 0 Å². The van der Waals surface area contributed by atoms with Gasteiger partial charge in [-0.25, -0.2) is 13.6 Å². The van der Waals surface area contributed by atoms with Gasteiger partial charge in [0.1, 0.15) is 5.75 Å². The van der Waals surface area contributed by atoms with E-state index in [1.165, 1.54) is 0 Å². The van der Waals surface area contributed by atoms with Gasteiger partial charge in [0.2, 0.25) is 10.0 Å². The van der Waals surface area contributed by atoms with Crippen LogP contribution >= 0.6 is 0 Å². The summed E-state index contributed by atoms with van der Waals surface area (Å²) in [6, 6.07) is 7.78. The van der Waals surface area contributed by atoms with E-state index in [1.807, 2.05) is 24.3 Å². The monoisotopic (exact) mass is 257 g/mol. The molecule has 0 saturated heterocycles. The third-order valence-corrected chi connectivity index (χ3v) is 3.23. The first-order valence-corrected chi connectivity index (χ1v) is 7.34. The van der Waals surface area contributed by atoms with E-state index in [9.17, 15) is 8.42 Å². The van der Waals surface area contributed by atoms with Crippen LogP contribution in [-0.4, -0.2) is 20.8 Å². The van der Waals surface area contributed by atoms with E-state index in [1.54, 1.807) is 0 Å². The van der Waals surface area contributed by atoms with Crippen molar-refractivity contribution < 1.29 is 13.2 Å². The van der Waals surface area contributed by atoms with Crippen LogP contribution in [0.1, 0.15) is 31.7 Å². The molecule has 5 heteroatoms. The number of benzene rings is 1. The lowest BCUT2D eigenvalue weighted by Gasteiger charge is -2.13. The van der Waals surface area contributed by atoms with Crippen molar-refractivity contribution in [2.24, 2.45) is 5.14 Å². The van der Waals surface area contributed by atoms with Gasteiger partial charge in [-0.15, -0.1) is 0 Å². The van der Waals surface area contributed by atoms with Gasteiger partial charge in [0, 0.05) is 0 Å². The molecule has 4 nitrogen and oxygen atoms in total. The van der Waals surface area contributed by atoms with Crippen LogP contribution in [0, 0.1) is 0 Å². The maximum atomic E-state index is 10.7. The molecule has 0 aliphatic carbocycles. The number of para-hydroxylation sites is 1. The fourth-order valence-corrected chi connectivity index (χ4v) is 2.05. The van der Waals surface area contributed by atoms with E-state index in [-0.39, 0.29) is 5.75 Å². The molecule has 0 radical (unpaired) electrons. The Balaban J connectivity index is 2.52. The molecule has 0 fully saturated rings. The molecular weight excluding hydrogens is 238 g/mol. The quantitative estimate of drug-likeness (QED) is 0.791. The summed E-state index contributed by atoms with van der Waals surface area (Å²) in [5, 5.41) is 4.91. The highest BCUT2D eigenvalue weighted by Crippen LogP contribution is 2.25. The Morgan fingerprint density at radius 2 is 1.94 bits per heavy atom.